The molecule has 0 bridgehead atoms. The Hall–Kier alpha value is -3.13. The van der Waals surface area contributed by atoms with E-state index >= 15 is 0 Å². The van der Waals surface area contributed by atoms with Crippen molar-refractivity contribution in [2.75, 3.05) is 6.61 Å². The fourth-order valence-corrected chi connectivity index (χ4v) is 4.92. The number of aliphatic hydroxyl groups is 1. The third-order valence-electron chi connectivity index (χ3n) is 7.18. The van der Waals surface area contributed by atoms with Gasteiger partial charge < -0.3 is 25.9 Å². The van der Waals surface area contributed by atoms with Gasteiger partial charge in [-0.3, -0.25) is 10.0 Å². The van der Waals surface area contributed by atoms with Gasteiger partial charge in [0.05, 0.1) is 23.6 Å². The maximum Gasteiger partial charge on any atom is 0.325 e. The highest BCUT2D eigenvalue weighted by atomic mass is 16.5. The fraction of sp³-hybridized carbons (Fsp3) is 0.519. The average molecular weight is 482 g/mol. The van der Waals surface area contributed by atoms with E-state index in [4.69, 9.17) is 10.1 Å². The molecular weight excluding hydrogens is 444 g/mol. The lowest BCUT2D eigenvalue weighted by Gasteiger charge is -2.36. The van der Waals surface area contributed by atoms with E-state index in [-0.39, 0.29) is 23.4 Å². The minimum atomic E-state index is -0.494. The van der Waals surface area contributed by atoms with E-state index in [1.165, 1.54) is 0 Å². The van der Waals surface area contributed by atoms with E-state index in [1.54, 1.807) is 30.4 Å². The number of carbonyl (C=O) groups is 1. The zero-order chi connectivity index (χ0) is 25.2. The molecule has 3 aliphatic rings. The van der Waals surface area contributed by atoms with Gasteiger partial charge in [0, 0.05) is 46.7 Å². The van der Waals surface area contributed by atoms with Crippen LogP contribution >= 0.6 is 0 Å². The van der Waals surface area contributed by atoms with E-state index in [0.29, 0.717) is 35.2 Å². The minimum absolute atomic E-state index is 0.0432. The van der Waals surface area contributed by atoms with Gasteiger partial charge in [-0.2, -0.15) is 0 Å². The van der Waals surface area contributed by atoms with Gasteiger partial charge in [-0.25, -0.2) is 0 Å². The lowest BCUT2D eigenvalue weighted by Crippen LogP contribution is -2.45. The van der Waals surface area contributed by atoms with Crippen LogP contribution in [-0.2, 0) is 4.74 Å². The largest absolute Gasteiger partial charge is 0.492 e. The van der Waals surface area contributed by atoms with E-state index in [9.17, 15) is 15.1 Å². The van der Waals surface area contributed by atoms with E-state index in [0.717, 1.165) is 43.3 Å². The number of nitrogens with one attached hydrogen (secondary N) is 3. The lowest BCUT2D eigenvalue weighted by atomic mass is 9.79. The van der Waals surface area contributed by atoms with Crippen LogP contribution in [0.25, 0.3) is 0 Å². The monoisotopic (exact) mass is 481 g/mol. The summed E-state index contributed by atoms with van der Waals surface area (Å²) in [5.41, 5.74) is 1.59. The van der Waals surface area contributed by atoms with E-state index < -0.39 is 11.5 Å². The lowest BCUT2D eigenvalue weighted by molar-refractivity contribution is -0.911. The molecule has 0 unspecified atom stereocenters. The van der Waals surface area contributed by atoms with Gasteiger partial charge in [0.1, 0.15) is 5.76 Å². The Morgan fingerprint density at radius 1 is 1.26 bits per heavy atom. The molecule has 0 atom stereocenters. The van der Waals surface area contributed by atoms with Gasteiger partial charge in [-0.1, -0.05) is 13.8 Å². The van der Waals surface area contributed by atoms with Crippen molar-refractivity contribution in [3.63, 3.8) is 0 Å². The summed E-state index contributed by atoms with van der Waals surface area (Å²) in [6.45, 7) is 6.12. The first kappa shape index (κ1) is 25.0. The van der Waals surface area contributed by atoms with Crippen LogP contribution in [0.4, 0.5) is 0 Å². The fourth-order valence-electron chi connectivity index (χ4n) is 4.92. The van der Waals surface area contributed by atoms with Crippen LogP contribution in [0.15, 0.2) is 53.6 Å². The number of hydrogen-bond acceptors (Lipinski definition) is 6. The molecule has 0 spiro atoms. The summed E-state index contributed by atoms with van der Waals surface area (Å²) in [5.74, 6) is 0.448. The number of nitrogens with zero attached hydrogens (tertiary/aromatic N) is 1. The second kappa shape index (κ2) is 10.2. The average Bonchev–Trinajstić information content (AvgIpc) is 3.67. The molecule has 188 valence electrons. The molecule has 8 heteroatoms. The smallest absolute Gasteiger partial charge is 0.325 e. The third kappa shape index (κ3) is 5.59. The van der Waals surface area contributed by atoms with Crippen LogP contribution in [-0.4, -0.2) is 40.2 Å². The number of hydrogen-bond donors (Lipinski definition) is 5. The van der Waals surface area contributed by atoms with Gasteiger partial charge in [0.2, 0.25) is 5.69 Å². The summed E-state index contributed by atoms with van der Waals surface area (Å²) in [7, 11) is 0. The molecule has 1 heterocycles. The van der Waals surface area contributed by atoms with Crippen molar-refractivity contribution in [2.24, 2.45) is 5.92 Å². The van der Waals surface area contributed by atoms with Crippen LogP contribution < -0.4 is 15.4 Å². The minimum Gasteiger partial charge on any atom is -0.492 e. The van der Waals surface area contributed by atoms with Crippen molar-refractivity contribution in [3.8, 4) is 0 Å². The highest BCUT2D eigenvalue weighted by Crippen LogP contribution is 2.47. The Bertz CT molecular complexity index is 1080. The second-order valence-electron chi connectivity index (χ2n) is 10.1. The SMILES string of the molecule is CCOC1=CC(=N)/C(=C\N[C@H]2CC[C@@](O)(C3CC3)CC2)C=C1NC(=O)c1cccc(C(C)C)[n+]1O. The predicted octanol–water partition coefficient (Wildman–Crippen LogP) is 3.46. The van der Waals surface area contributed by atoms with Gasteiger partial charge >= 0.3 is 11.6 Å². The molecule has 0 aromatic carbocycles. The van der Waals surface area contributed by atoms with Crippen molar-refractivity contribution in [3.05, 3.63) is 65.0 Å². The van der Waals surface area contributed by atoms with Crippen LogP contribution in [0, 0.1) is 11.3 Å². The first-order valence-corrected chi connectivity index (χ1v) is 12.6. The number of carbonyl (C=O) groups excluding carboxylic acids is 1. The second-order valence-corrected chi connectivity index (χ2v) is 10.1. The predicted molar refractivity (Wildman–Crippen MR) is 132 cm³/mol. The van der Waals surface area contributed by atoms with Crippen LogP contribution in [0.3, 0.4) is 0 Å². The zero-order valence-electron chi connectivity index (χ0n) is 20.8. The van der Waals surface area contributed by atoms with Crippen LogP contribution in [0.5, 0.6) is 0 Å². The maximum atomic E-state index is 13.0. The normalized spacial score (nSPS) is 25.8. The molecule has 2 fully saturated rings. The number of rotatable bonds is 8. The summed E-state index contributed by atoms with van der Waals surface area (Å²) >= 11 is 0. The standard InChI is InChI=1S/C27H36N4O4/c1-4-35-25-15-21(28)18(16-29-20-10-12-27(33,13-11-20)19-8-9-19)14-22(25)30-26(32)24-7-5-6-23(17(2)3)31(24)34/h5-7,14-17,19-20,28,32-34H,4,8-13H2,1-3H3/p+1/t20-,27-. The number of aromatic nitrogens is 1. The molecule has 5 N–H and O–H groups in total. The molecule has 8 nitrogen and oxygen atoms in total. The topological polar surface area (TPSA) is 119 Å². The number of amides is 1. The van der Waals surface area contributed by atoms with E-state index in [2.05, 4.69) is 10.6 Å². The summed E-state index contributed by atoms with van der Waals surface area (Å²) in [6.07, 6.45) is 10.8. The summed E-state index contributed by atoms with van der Waals surface area (Å²) in [6, 6.07) is 5.31. The molecule has 0 saturated heterocycles. The van der Waals surface area contributed by atoms with Gasteiger partial charge in [-0.15, -0.1) is 0 Å². The molecule has 2 saturated carbocycles. The molecule has 0 aliphatic heterocycles. The van der Waals surface area contributed by atoms with Crippen LogP contribution in [0.2, 0.25) is 0 Å². The first-order chi connectivity index (χ1) is 16.7. The Balaban J connectivity index is 1.49. The highest BCUT2D eigenvalue weighted by molar-refractivity contribution is 6.10. The zero-order valence-corrected chi connectivity index (χ0v) is 20.8. The van der Waals surface area contributed by atoms with Crippen LogP contribution in [0.1, 0.15) is 81.4 Å². The van der Waals surface area contributed by atoms with Crippen molar-refractivity contribution < 1.29 is 24.6 Å². The Kier molecular flexibility index (Phi) is 7.31. The maximum absolute atomic E-state index is 13.0. The third-order valence-corrected chi connectivity index (χ3v) is 7.18. The molecule has 1 aromatic rings. The van der Waals surface area contributed by atoms with Gasteiger partial charge in [-0.05, 0) is 63.5 Å². The number of ether oxygens (including phenoxy) is 1. The van der Waals surface area contributed by atoms with Crippen molar-refractivity contribution in [2.45, 2.75) is 76.9 Å². The summed E-state index contributed by atoms with van der Waals surface area (Å²) in [5, 5.41) is 36.0. The van der Waals surface area contributed by atoms with Crippen molar-refractivity contribution in [1.82, 2.24) is 10.6 Å². The van der Waals surface area contributed by atoms with Crippen molar-refractivity contribution in [1.29, 1.82) is 5.41 Å². The van der Waals surface area contributed by atoms with Gasteiger partial charge in [0.25, 0.3) is 0 Å². The highest BCUT2D eigenvalue weighted by Gasteiger charge is 2.45. The molecule has 35 heavy (non-hydrogen) atoms. The van der Waals surface area contributed by atoms with Gasteiger partial charge in [0.15, 0.2) is 0 Å². The first-order valence-electron chi connectivity index (χ1n) is 12.6. The quantitative estimate of drug-likeness (QED) is 0.288. The Morgan fingerprint density at radius 2 is 1.97 bits per heavy atom. The van der Waals surface area contributed by atoms with E-state index in [1.807, 2.05) is 27.0 Å². The molecule has 1 aromatic heterocycles. The Labute approximate surface area is 206 Å². The molecule has 4 rings (SSSR count). The summed E-state index contributed by atoms with van der Waals surface area (Å²) < 4.78 is 6.60. The molecule has 1 amide bonds. The van der Waals surface area contributed by atoms with Crippen molar-refractivity contribution >= 4 is 11.6 Å². The molecular formula is C27H37N4O4+. The Morgan fingerprint density at radius 3 is 2.60 bits per heavy atom. The number of allylic oxidation sites excluding steroid dienone is 3. The number of pyridine rings is 1. The molecule has 3 aliphatic carbocycles. The summed E-state index contributed by atoms with van der Waals surface area (Å²) in [4.78, 5) is 13.0. The molecule has 0 radical (unpaired) electrons.